The Balaban J connectivity index is 1.79. The van der Waals surface area contributed by atoms with Crippen molar-refractivity contribution < 1.29 is 0 Å². The van der Waals surface area contributed by atoms with E-state index in [1.54, 1.807) is 0 Å². The molecule has 1 atom stereocenters. The van der Waals surface area contributed by atoms with Gasteiger partial charge in [-0.3, -0.25) is 4.90 Å². The molecule has 0 spiro atoms. The summed E-state index contributed by atoms with van der Waals surface area (Å²) in [7, 11) is 0. The second-order valence-corrected chi connectivity index (χ2v) is 6.55. The molecular formula is C14H27N5. The molecule has 19 heavy (non-hydrogen) atoms. The van der Waals surface area contributed by atoms with Crippen LogP contribution < -0.4 is 5.32 Å². The van der Waals surface area contributed by atoms with Gasteiger partial charge in [0.1, 0.15) is 12.2 Å². The number of likely N-dealkylation sites (tertiary alicyclic amines) is 1. The molecule has 1 unspecified atom stereocenters. The average molecular weight is 265 g/mol. The van der Waals surface area contributed by atoms with E-state index >= 15 is 0 Å². The fourth-order valence-corrected chi connectivity index (χ4v) is 2.54. The van der Waals surface area contributed by atoms with E-state index < -0.39 is 0 Å². The van der Waals surface area contributed by atoms with Gasteiger partial charge in [-0.25, -0.2) is 0 Å². The lowest BCUT2D eigenvalue weighted by Crippen LogP contribution is -2.39. The van der Waals surface area contributed by atoms with Crippen molar-refractivity contribution in [1.82, 2.24) is 25.0 Å². The molecule has 0 saturated carbocycles. The van der Waals surface area contributed by atoms with Crippen LogP contribution in [-0.2, 0) is 13.1 Å². The first-order valence-corrected chi connectivity index (χ1v) is 7.32. The molecule has 0 radical (unpaired) electrons. The van der Waals surface area contributed by atoms with Gasteiger partial charge in [0, 0.05) is 18.6 Å². The molecule has 1 aliphatic heterocycles. The van der Waals surface area contributed by atoms with Gasteiger partial charge in [0.25, 0.3) is 0 Å². The lowest BCUT2D eigenvalue weighted by molar-refractivity contribution is 0.294. The van der Waals surface area contributed by atoms with E-state index in [2.05, 4.69) is 52.7 Å². The largest absolute Gasteiger partial charge is 0.317 e. The highest BCUT2D eigenvalue weighted by molar-refractivity contribution is 4.88. The van der Waals surface area contributed by atoms with Crippen LogP contribution in [0.15, 0.2) is 6.33 Å². The fourth-order valence-electron chi connectivity index (χ4n) is 2.54. The third-order valence-electron chi connectivity index (χ3n) is 3.69. The minimum absolute atomic E-state index is 0.218. The molecule has 1 saturated heterocycles. The van der Waals surface area contributed by atoms with Crippen molar-refractivity contribution >= 4 is 0 Å². The van der Waals surface area contributed by atoms with Gasteiger partial charge in [-0.15, -0.1) is 10.2 Å². The van der Waals surface area contributed by atoms with Gasteiger partial charge in [0.2, 0.25) is 0 Å². The highest BCUT2D eigenvalue weighted by Gasteiger charge is 2.24. The molecule has 2 heterocycles. The molecule has 5 nitrogen and oxygen atoms in total. The maximum Gasteiger partial charge on any atom is 0.146 e. The summed E-state index contributed by atoms with van der Waals surface area (Å²) in [5.74, 6) is 1.85. The van der Waals surface area contributed by atoms with Crippen molar-refractivity contribution in [2.75, 3.05) is 19.6 Å². The van der Waals surface area contributed by atoms with Crippen LogP contribution in [0.3, 0.4) is 0 Å². The Morgan fingerprint density at radius 1 is 1.42 bits per heavy atom. The first-order chi connectivity index (χ1) is 8.98. The standard InChI is InChI=1S/C14H27N5/c1-5-19-11-16-17-13(19)10-18-7-6-12(9-18)8-15-14(2,3)4/h11-12,15H,5-10H2,1-4H3. The number of hydrogen-bond donors (Lipinski definition) is 1. The Bertz CT molecular complexity index is 393. The van der Waals surface area contributed by atoms with Crippen LogP contribution in [-0.4, -0.2) is 44.8 Å². The smallest absolute Gasteiger partial charge is 0.146 e. The van der Waals surface area contributed by atoms with Gasteiger partial charge in [0.15, 0.2) is 0 Å². The molecule has 0 bridgehead atoms. The molecule has 1 N–H and O–H groups in total. The van der Waals surface area contributed by atoms with E-state index in [1.807, 2.05) is 6.33 Å². The quantitative estimate of drug-likeness (QED) is 0.876. The predicted molar refractivity (Wildman–Crippen MR) is 76.8 cm³/mol. The second kappa shape index (κ2) is 6.01. The Kier molecular flexibility index (Phi) is 4.58. The van der Waals surface area contributed by atoms with Crippen molar-refractivity contribution in [2.45, 2.75) is 52.7 Å². The summed E-state index contributed by atoms with van der Waals surface area (Å²) in [6.07, 6.45) is 3.10. The summed E-state index contributed by atoms with van der Waals surface area (Å²) in [5, 5.41) is 11.8. The van der Waals surface area contributed by atoms with E-state index in [4.69, 9.17) is 0 Å². The SMILES string of the molecule is CCn1cnnc1CN1CCC(CNC(C)(C)C)C1. The Hall–Kier alpha value is -0.940. The fraction of sp³-hybridized carbons (Fsp3) is 0.857. The molecule has 108 valence electrons. The van der Waals surface area contributed by atoms with Crippen LogP contribution in [0.25, 0.3) is 0 Å². The molecule has 5 heteroatoms. The van der Waals surface area contributed by atoms with Crippen molar-refractivity contribution in [3.63, 3.8) is 0 Å². The zero-order valence-electron chi connectivity index (χ0n) is 12.7. The minimum Gasteiger partial charge on any atom is -0.317 e. The Labute approximate surface area is 116 Å². The number of nitrogens with zero attached hydrogens (tertiary/aromatic N) is 4. The van der Waals surface area contributed by atoms with Gasteiger partial charge < -0.3 is 9.88 Å². The predicted octanol–water partition coefficient (Wildman–Crippen LogP) is 1.51. The first-order valence-electron chi connectivity index (χ1n) is 7.32. The van der Waals surface area contributed by atoms with Gasteiger partial charge in [-0.05, 0) is 53.1 Å². The lowest BCUT2D eigenvalue weighted by Gasteiger charge is -2.23. The molecule has 0 aromatic carbocycles. The van der Waals surface area contributed by atoms with E-state index in [-0.39, 0.29) is 5.54 Å². The van der Waals surface area contributed by atoms with Crippen LogP contribution >= 0.6 is 0 Å². The van der Waals surface area contributed by atoms with Crippen LogP contribution in [0.1, 0.15) is 39.9 Å². The third-order valence-corrected chi connectivity index (χ3v) is 3.69. The van der Waals surface area contributed by atoms with Crippen molar-refractivity contribution in [3.8, 4) is 0 Å². The summed E-state index contributed by atoms with van der Waals surface area (Å²) in [6, 6.07) is 0. The van der Waals surface area contributed by atoms with Crippen LogP contribution in [0, 0.1) is 5.92 Å². The van der Waals surface area contributed by atoms with E-state index in [9.17, 15) is 0 Å². The van der Waals surface area contributed by atoms with E-state index in [0.29, 0.717) is 0 Å². The minimum atomic E-state index is 0.218. The average Bonchev–Trinajstić information content (AvgIpc) is 2.95. The number of hydrogen-bond acceptors (Lipinski definition) is 4. The zero-order valence-corrected chi connectivity index (χ0v) is 12.7. The Morgan fingerprint density at radius 3 is 2.89 bits per heavy atom. The maximum absolute atomic E-state index is 4.22. The number of rotatable bonds is 5. The lowest BCUT2D eigenvalue weighted by atomic mass is 10.1. The molecular weight excluding hydrogens is 238 g/mol. The number of aryl methyl sites for hydroxylation is 1. The van der Waals surface area contributed by atoms with E-state index in [1.165, 1.54) is 19.5 Å². The van der Waals surface area contributed by atoms with Crippen LogP contribution in [0.5, 0.6) is 0 Å². The molecule has 0 aliphatic carbocycles. The highest BCUT2D eigenvalue weighted by atomic mass is 15.3. The summed E-state index contributed by atoms with van der Waals surface area (Å²) >= 11 is 0. The Morgan fingerprint density at radius 2 is 2.21 bits per heavy atom. The molecule has 2 rings (SSSR count). The van der Waals surface area contributed by atoms with Gasteiger partial charge in [-0.2, -0.15) is 0 Å². The van der Waals surface area contributed by atoms with Gasteiger partial charge >= 0.3 is 0 Å². The number of nitrogens with one attached hydrogen (secondary N) is 1. The summed E-state index contributed by atoms with van der Waals surface area (Å²) in [5.41, 5.74) is 0.218. The summed E-state index contributed by atoms with van der Waals surface area (Å²) in [6.45, 7) is 14.1. The highest BCUT2D eigenvalue weighted by Crippen LogP contribution is 2.18. The number of aromatic nitrogens is 3. The molecule has 1 aliphatic rings. The van der Waals surface area contributed by atoms with Crippen molar-refractivity contribution in [1.29, 1.82) is 0 Å². The normalized spacial score (nSPS) is 21.2. The van der Waals surface area contributed by atoms with Gasteiger partial charge in [0.05, 0.1) is 6.54 Å². The molecule has 1 aromatic heterocycles. The molecule has 0 amide bonds. The molecule has 1 fully saturated rings. The van der Waals surface area contributed by atoms with E-state index in [0.717, 1.165) is 31.4 Å². The third kappa shape index (κ3) is 4.28. The first kappa shape index (κ1) is 14.5. The van der Waals surface area contributed by atoms with Gasteiger partial charge in [-0.1, -0.05) is 0 Å². The van der Waals surface area contributed by atoms with Crippen molar-refractivity contribution in [3.05, 3.63) is 12.2 Å². The topological polar surface area (TPSA) is 46.0 Å². The summed E-state index contributed by atoms with van der Waals surface area (Å²) in [4.78, 5) is 2.49. The van der Waals surface area contributed by atoms with Crippen molar-refractivity contribution in [2.24, 2.45) is 5.92 Å². The maximum atomic E-state index is 4.22. The monoisotopic (exact) mass is 265 g/mol. The second-order valence-electron chi connectivity index (χ2n) is 6.55. The molecule has 1 aromatic rings. The zero-order chi connectivity index (χ0) is 13.9. The van der Waals surface area contributed by atoms with Crippen LogP contribution in [0.4, 0.5) is 0 Å². The summed E-state index contributed by atoms with van der Waals surface area (Å²) < 4.78 is 2.13. The van der Waals surface area contributed by atoms with Crippen LogP contribution in [0.2, 0.25) is 0 Å².